The Morgan fingerprint density at radius 1 is 1.37 bits per heavy atom. The van der Waals surface area contributed by atoms with E-state index < -0.39 is 0 Å². The monoisotopic (exact) mass is 275 g/mol. The van der Waals surface area contributed by atoms with Gasteiger partial charge < -0.3 is 4.74 Å². The van der Waals surface area contributed by atoms with Crippen molar-refractivity contribution in [1.82, 2.24) is 4.90 Å². The minimum absolute atomic E-state index is 0.326. The van der Waals surface area contributed by atoms with Crippen LogP contribution in [0.5, 0.6) is 5.75 Å². The van der Waals surface area contributed by atoms with Gasteiger partial charge in [-0.1, -0.05) is 24.4 Å². The standard InChI is InChI=1S/C14H13NO3S/c1-9(16)15-13(19)8-11(14(15)17)7-10-3-5-12(18-2)6-4-10/h3-7H,8H2,1-2H3/b11-7-. The van der Waals surface area contributed by atoms with Gasteiger partial charge in [0.15, 0.2) is 0 Å². The van der Waals surface area contributed by atoms with Crippen LogP contribution in [0.15, 0.2) is 29.8 Å². The molecular formula is C14H13NO3S. The summed E-state index contributed by atoms with van der Waals surface area (Å²) in [5.41, 5.74) is 1.41. The van der Waals surface area contributed by atoms with Crippen molar-refractivity contribution in [3.05, 3.63) is 35.4 Å². The Kier molecular flexibility index (Phi) is 3.76. The van der Waals surface area contributed by atoms with Gasteiger partial charge in [0.2, 0.25) is 5.91 Å². The van der Waals surface area contributed by atoms with Crippen molar-refractivity contribution in [2.75, 3.05) is 7.11 Å². The summed E-state index contributed by atoms with van der Waals surface area (Å²) in [4.78, 5) is 24.7. The number of amides is 2. The van der Waals surface area contributed by atoms with E-state index in [-0.39, 0.29) is 11.8 Å². The summed E-state index contributed by atoms with van der Waals surface area (Å²) in [6.07, 6.45) is 2.08. The normalized spacial score (nSPS) is 17.2. The summed E-state index contributed by atoms with van der Waals surface area (Å²) in [6, 6.07) is 7.32. The van der Waals surface area contributed by atoms with Crippen molar-refractivity contribution in [3.8, 4) is 5.75 Å². The molecule has 0 aliphatic carbocycles. The average Bonchev–Trinajstić information content (AvgIpc) is 2.65. The maximum Gasteiger partial charge on any atom is 0.261 e. The molecule has 2 amide bonds. The number of ether oxygens (including phenoxy) is 1. The Hall–Kier alpha value is -2.01. The SMILES string of the molecule is COc1ccc(/C=C2/CC(=S)N(C(C)=O)C2=O)cc1. The Balaban J connectivity index is 2.27. The Bertz CT molecular complexity index is 575. The molecule has 2 rings (SSSR count). The van der Waals surface area contributed by atoms with Crippen LogP contribution in [-0.2, 0) is 9.59 Å². The summed E-state index contributed by atoms with van der Waals surface area (Å²) in [5.74, 6) is 0.0854. The summed E-state index contributed by atoms with van der Waals surface area (Å²) >= 11 is 5.05. The molecule has 0 unspecified atom stereocenters. The van der Waals surface area contributed by atoms with Gasteiger partial charge >= 0.3 is 0 Å². The zero-order valence-electron chi connectivity index (χ0n) is 10.7. The first kappa shape index (κ1) is 13.4. The number of nitrogens with zero attached hydrogens (tertiary/aromatic N) is 1. The lowest BCUT2D eigenvalue weighted by atomic mass is 10.1. The maximum atomic E-state index is 12.0. The third kappa shape index (κ3) is 2.71. The molecule has 1 heterocycles. The molecule has 5 heteroatoms. The first-order valence-corrected chi connectivity index (χ1v) is 6.16. The lowest BCUT2D eigenvalue weighted by molar-refractivity contribution is -0.135. The van der Waals surface area contributed by atoms with Gasteiger partial charge in [0.05, 0.1) is 12.1 Å². The van der Waals surface area contributed by atoms with E-state index in [1.807, 2.05) is 24.3 Å². The fraction of sp³-hybridized carbons (Fsp3) is 0.214. The predicted molar refractivity (Wildman–Crippen MR) is 75.7 cm³/mol. The summed E-state index contributed by atoms with van der Waals surface area (Å²) in [6.45, 7) is 1.33. The van der Waals surface area contributed by atoms with Crippen LogP contribution < -0.4 is 4.74 Å². The highest BCUT2D eigenvalue weighted by Gasteiger charge is 2.33. The van der Waals surface area contributed by atoms with E-state index in [0.717, 1.165) is 16.2 Å². The van der Waals surface area contributed by atoms with Crippen molar-refractivity contribution in [2.24, 2.45) is 0 Å². The minimum atomic E-state index is -0.340. The van der Waals surface area contributed by atoms with E-state index in [1.165, 1.54) is 6.92 Å². The Morgan fingerprint density at radius 3 is 2.47 bits per heavy atom. The van der Waals surface area contributed by atoms with Crippen molar-refractivity contribution in [2.45, 2.75) is 13.3 Å². The Morgan fingerprint density at radius 2 is 2.00 bits per heavy atom. The number of carbonyl (C=O) groups is 2. The molecule has 0 aromatic heterocycles. The third-order valence-corrected chi connectivity index (χ3v) is 3.17. The molecule has 4 nitrogen and oxygen atoms in total. The van der Waals surface area contributed by atoms with E-state index in [4.69, 9.17) is 17.0 Å². The topological polar surface area (TPSA) is 46.6 Å². The van der Waals surface area contributed by atoms with E-state index >= 15 is 0 Å². The Labute approximate surface area is 116 Å². The van der Waals surface area contributed by atoms with Gasteiger partial charge in [0.1, 0.15) is 5.75 Å². The molecule has 0 atom stereocenters. The lowest BCUT2D eigenvalue weighted by Crippen LogP contribution is -2.32. The number of imide groups is 1. The van der Waals surface area contributed by atoms with E-state index in [0.29, 0.717) is 17.0 Å². The number of hydrogen-bond donors (Lipinski definition) is 0. The van der Waals surface area contributed by atoms with Crippen LogP contribution in [0.25, 0.3) is 6.08 Å². The number of thiocarbonyl (C=S) groups is 1. The first-order valence-electron chi connectivity index (χ1n) is 5.75. The molecule has 1 aliphatic heterocycles. The fourth-order valence-corrected chi connectivity index (χ4v) is 2.27. The third-order valence-electron chi connectivity index (χ3n) is 2.84. The number of hydrogen-bond acceptors (Lipinski definition) is 4. The molecular weight excluding hydrogens is 262 g/mol. The van der Waals surface area contributed by atoms with Crippen LogP contribution in [0.4, 0.5) is 0 Å². The number of likely N-dealkylation sites (tertiary alicyclic amines) is 1. The summed E-state index contributed by atoms with van der Waals surface area (Å²) in [7, 11) is 1.59. The quantitative estimate of drug-likeness (QED) is 0.613. The van der Waals surface area contributed by atoms with Crippen LogP contribution in [0.3, 0.4) is 0 Å². The van der Waals surface area contributed by atoms with Gasteiger partial charge in [-0.25, -0.2) is 4.90 Å². The second-order valence-corrected chi connectivity index (χ2v) is 4.64. The van der Waals surface area contributed by atoms with Crippen molar-refractivity contribution in [1.29, 1.82) is 0 Å². The minimum Gasteiger partial charge on any atom is -0.497 e. The van der Waals surface area contributed by atoms with Crippen molar-refractivity contribution in [3.63, 3.8) is 0 Å². The average molecular weight is 275 g/mol. The summed E-state index contributed by atoms with van der Waals surface area (Å²) < 4.78 is 5.06. The molecule has 1 aromatic rings. The van der Waals surface area contributed by atoms with Gasteiger partial charge in [-0.3, -0.25) is 9.59 Å². The molecule has 19 heavy (non-hydrogen) atoms. The molecule has 1 saturated heterocycles. The van der Waals surface area contributed by atoms with Crippen LogP contribution in [0.1, 0.15) is 18.9 Å². The van der Waals surface area contributed by atoms with Crippen LogP contribution in [-0.4, -0.2) is 28.8 Å². The fourth-order valence-electron chi connectivity index (χ4n) is 1.91. The zero-order chi connectivity index (χ0) is 14.0. The first-order chi connectivity index (χ1) is 9.02. The molecule has 98 valence electrons. The highest BCUT2D eigenvalue weighted by molar-refractivity contribution is 7.80. The molecule has 0 spiro atoms. The van der Waals surface area contributed by atoms with Crippen molar-refractivity contribution >= 4 is 35.1 Å². The highest BCUT2D eigenvalue weighted by atomic mass is 32.1. The van der Waals surface area contributed by atoms with Gasteiger partial charge in [0.25, 0.3) is 5.91 Å². The van der Waals surface area contributed by atoms with Crippen LogP contribution in [0, 0.1) is 0 Å². The smallest absolute Gasteiger partial charge is 0.261 e. The van der Waals surface area contributed by atoms with E-state index in [9.17, 15) is 9.59 Å². The molecule has 0 saturated carbocycles. The highest BCUT2D eigenvalue weighted by Crippen LogP contribution is 2.23. The number of methoxy groups -OCH3 is 1. The van der Waals surface area contributed by atoms with Gasteiger partial charge in [-0.05, 0) is 23.8 Å². The molecule has 1 aromatic carbocycles. The zero-order valence-corrected chi connectivity index (χ0v) is 11.5. The van der Waals surface area contributed by atoms with E-state index in [2.05, 4.69) is 0 Å². The number of benzene rings is 1. The van der Waals surface area contributed by atoms with Crippen molar-refractivity contribution < 1.29 is 14.3 Å². The van der Waals surface area contributed by atoms with Gasteiger partial charge in [0, 0.05) is 18.9 Å². The lowest BCUT2D eigenvalue weighted by Gasteiger charge is -2.09. The number of carbonyl (C=O) groups excluding carboxylic acids is 2. The molecule has 1 aliphatic rings. The van der Waals surface area contributed by atoms with Gasteiger partial charge in [-0.2, -0.15) is 0 Å². The molecule has 0 N–H and O–H groups in total. The largest absolute Gasteiger partial charge is 0.497 e. The second kappa shape index (κ2) is 5.32. The number of rotatable bonds is 2. The van der Waals surface area contributed by atoms with Gasteiger partial charge in [-0.15, -0.1) is 0 Å². The summed E-state index contributed by atoms with van der Waals surface area (Å²) in [5, 5.41) is 0. The second-order valence-electron chi connectivity index (χ2n) is 4.17. The van der Waals surface area contributed by atoms with E-state index in [1.54, 1.807) is 13.2 Å². The molecule has 1 fully saturated rings. The van der Waals surface area contributed by atoms with Crippen LogP contribution >= 0.6 is 12.2 Å². The maximum absolute atomic E-state index is 12.0. The van der Waals surface area contributed by atoms with Crippen LogP contribution in [0.2, 0.25) is 0 Å². The molecule has 0 bridgehead atoms. The predicted octanol–water partition coefficient (Wildman–Crippen LogP) is 2.18. The molecule has 0 radical (unpaired) electrons.